The van der Waals surface area contributed by atoms with Crippen LogP contribution in [0.1, 0.15) is 45.4 Å². The van der Waals surface area contributed by atoms with Gasteiger partial charge in [0.25, 0.3) is 0 Å². The summed E-state index contributed by atoms with van der Waals surface area (Å²) in [6.45, 7) is 2.14. The number of aromatic hydroxyl groups is 1. The van der Waals surface area contributed by atoms with E-state index in [1.807, 2.05) is 0 Å². The Labute approximate surface area is 107 Å². The van der Waals surface area contributed by atoms with E-state index in [1.165, 1.54) is 25.0 Å². The highest BCUT2D eigenvalue weighted by molar-refractivity contribution is 5.90. The number of carbonyl (C=O) groups excluding carboxylic acids is 1. The first kappa shape index (κ1) is 14.5. The van der Waals surface area contributed by atoms with Gasteiger partial charge in [-0.1, -0.05) is 32.6 Å². The van der Waals surface area contributed by atoms with Gasteiger partial charge >= 0.3 is 0 Å². The normalized spacial score (nSPS) is 10.3. The van der Waals surface area contributed by atoms with Crippen molar-refractivity contribution >= 4 is 11.6 Å². The van der Waals surface area contributed by atoms with Crippen molar-refractivity contribution in [3.05, 3.63) is 24.0 Å². The minimum Gasteiger partial charge on any atom is -0.508 e. The number of phenolic OH excluding ortho intramolecular Hbond substituents is 1. The van der Waals surface area contributed by atoms with E-state index in [9.17, 15) is 9.18 Å². The minimum atomic E-state index is -0.616. The Bertz CT molecular complexity index is 393. The summed E-state index contributed by atoms with van der Waals surface area (Å²) < 4.78 is 13.3. The van der Waals surface area contributed by atoms with Crippen molar-refractivity contribution in [1.82, 2.24) is 0 Å². The minimum absolute atomic E-state index is 0.117. The van der Waals surface area contributed by atoms with E-state index >= 15 is 0 Å². The number of hydrogen-bond acceptors (Lipinski definition) is 2. The third kappa shape index (κ3) is 5.17. The summed E-state index contributed by atoms with van der Waals surface area (Å²) in [5.41, 5.74) is 0.117. The Morgan fingerprint density at radius 2 is 2.00 bits per heavy atom. The zero-order valence-electron chi connectivity index (χ0n) is 10.7. The lowest BCUT2D eigenvalue weighted by atomic mass is 10.1. The lowest BCUT2D eigenvalue weighted by Crippen LogP contribution is -2.12. The van der Waals surface area contributed by atoms with Crippen molar-refractivity contribution < 1.29 is 14.3 Å². The molecule has 4 heteroatoms. The average molecular weight is 253 g/mol. The topological polar surface area (TPSA) is 49.3 Å². The molecule has 1 amide bonds. The van der Waals surface area contributed by atoms with Gasteiger partial charge in [0.1, 0.15) is 11.6 Å². The summed E-state index contributed by atoms with van der Waals surface area (Å²) in [4.78, 5) is 11.5. The molecule has 3 nitrogen and oxygen atoms in total. The Hall–Kier alpha value is -1.58. The van der Waals surface area contributed by atoms with E-state index in [4.69, 9.17) is 5.11 Å². The van der Waals surface area contributed by atoms with Crippen molar-refractivity contribution in [2.75, 3.05) is 5.32 Å². The zero-order chi connectivity index (χ0) is 13.4. The molecule has 0 aliphatic carbocycles. The number of nitrogens with one attached hydrogen (secondary N) is 1. The number of halogens is 1. The molecule has 1 aromatic rings. The molecule has 0 saturated heterocycles. The van der Waals surface area contributed by atoms with Crippen LogP contribution in [0, 0.1) is 5.82 Å². The molecule has 1 aromatic carbocycles. The van der Waals surface area contributed by atoms with Gasteiger partial charge in [0.15, 0.2) is 0 Å². The first-order valence-corrected chi connectivity index (χ1v) is 6.42. The summed E-state index contributed by atoms with van der Waals surface area (Å²) in [6, 6.07) is 3.69. The quantitative estimate of drug-likeness (QED) is 0.573. The molecule has 0 spiro atoms. The summed E-state index contributed by atoms with van der Waals surface area (Å²) in [5, 5.41) is 11.5. The Balaban J connectivity index is 2.31. The molecule has 0 bridgehead atoms. The van der Waals surface area contributed by atoms with E-state index in [0.29, 0.717) is 6.42 Å². The molecular weight excluding hydrogens is 233 g/mol. The molecule has 0 fully saturated rings. The standard InChI is InChI=1S/C14H20FNO2/c1-2-3-4-5-6-7-14(18)16-13-9-8-11(17)10-12(13)15/h8-10,17H,2-7H2,1H3,(H,16,18). The second-order valence-electron chi connectivity index (χ2n) is 4.38. The lowest BCUT2D eigenvalue weighted by molar-refractivity contribution is -0.116. The molecule has 2 N–H and O–H groups in total. The van der Waals surface area contributed by atoms with Gasteiger partial charge in [-0.25, -0.2) is 4.39 Å². The second kappa shape index (κ2) is 7.69. The molecule has 0 saturated carbocycles. The number of benzene rings is 1. The van der Waals surface area contributed by atoms with Crippen LogP contribution < -0.4 is 5.32 Å². The predicted octanol–water partition coefficient (Wildman–Crippen LogP) is 3.83. The number of rotatable bonds is 7. The number of anilines is 1. The van der Waals surface area contributed by atoms with Gasteiger partial charge in [-0.2, -0.15) is 0 Å². The van der Waals surface area contributed by atoms with Crippen LogP contribution in [0.3, 0.4) is 0 Å². The molecule has 0 unspecified atom stereocenters. The summed E-state index contributed by atoms with van der Waals surface area (Å²) in [6.07, 6.45) is 5.76. The van der Waals surface area contributed by atoms with Gasteiger partial charge in [0.05, 0.1) is 5.69 Å². The third-order valence-electron chi connectivity index (χ3n) is 2.73. The molecule has 0 aromatic heterocycles. The number of carbonyl (C=O) groups is 1. The van der Waals surface area contributed by atoms with E-state index in [0.717, 1.165) is 25.3 Å². The maximum Gasteiger partial charge on any atom is 0.224 e. The van der Waals surface area contributed by atoms with E-state index in [-0.39, 0.29) is 17.3 Å². The van der Waals surface area contributed by atoms with Crippen molar-refractivity contribution in [2.45, 2.75) is 45.4 Å². The molecule has 0 aliphatic heterocycles. The highest BCUT2D eigenvalue weighted by Gasteiger charge is 2.07. The maximum absolute atomic E-state index is 13.3. The van der Waals surface area contributed by atoms with Crippen molar-refractivity contribution in [3.63, 3.8) is 0 Å². The summed E-state index contributed by atoms with van der Waals surface area (Å²) in [5.74, 6) is -0.949. The van der Waals surface area contributed by atoms with Crippen LogP contribution in [-0.4, -0.2) is 11.0 Å². The van der Waals surface area contributed by atoms with Crippen LogP contribution in [0.5, 0.6) is 5.75 Å². The summed E-state index contributed by atoms with van der Waals surface area (Å²) >= 11 is 0. The van der Waals surface area contributed by atoms with Crippen LogP contribution in [0.25, 0.3) is 0 Å². The van der Waals surface area contributed by atoms with Crippen LogP contribution in [0.4, 0.5) is 10.1 Å². The average Bonchev–Trinajstić information content (AvgIpc) is 2.32. The highest BCUT2D eigenvalue weighted by atomic mass is 19.1. The number of phenols is 1. The zero-order valence-corrected chi connectivity index (χ0v) is 10.7. The fourth-order valence-corrected chi connectivity index (χ4v) is 1.71. The monoisotopic (exact) mass is 253 g/mol. The Morgan fingerprint density at radius 3 is 2.67 bits per heavy atom. The number of unbranched alkanes of at least 4 members (excludes halogenated alkanes) is 4. The molecule has 0 radical (unpaired) electrons. The molecular formula is C14H20FNO2. The van der Waals surface area contributed by atoms with Gasteiger partial charge in [-0.15, -0.1) is 0 Å². The van der Waals surface area contributed by atoms with Crippen LogP contribution in [-0.2, 0) is 4.79 Å². The molecule has 100 valence electrons. The molecule has 0 heterocycles. The van der Waals surface area contributed by atoms with Crippen LogP contribution in [0.2, 0.25) is 0 Å². The maximum atomic E-state index is 13.3. The fraction of sp³-hybridized carbons (Fsp3) is 0.500. The number of amides is 1. The third-order valence-corrected chi connectivity index (χ3v) is 2.73. The van der Waals surface area contributed by atoms with E-state index < -0.39 is 5.82 Å². The van der Waals surface area contributed by atoms with Crippen molar-refractivity contribution in [2.24, 2.45) is 0 Å². The Kier molecular flexibility index (Phi) is 6.19. The predicted molar refractivity (Wildman–Crippen MR) is 70.1 cm³/mol. The first-order chi connectivity index (χ1) is 8.63. The fourth-order valence-electron chi connectivity index (χ4n) is 1.71. The van der Waals surface area contributed by atoms with Gasteiger partial charge in [-0.05, 0) is 18.6 Å². The van der Waals surface area contributed by atoms with Gasteiger partial charge < -0.3 is 10.4 Å². The van der Waals surface area contributed by atoms with E-state index in [1.54, 1.807) is 0 Å². The van der Waals surface area contributed by atoms with Gasteiger partial charge in [0.2, 0.25) is 5.91 Å². The lowest BCUT2D eigenvalue weighted by Gasteiger charge is -2.06. The SMILES string of the molecule is CCCCCCCC(=O)Nc1ccc(O)cc1F. The molecule has 0 atom stereocenters. The second-order valence-corrected chi connectivity index (χ2v) is 4.38. The van der Waals surface area contributed by atoms with E-state index in [2.05, 4.69) is 12.2 Å². The molecule has 0 aliphatic rings. The number of hydrogen-bond donors (Lipinski definition) is 2. The van der Waals surface area contributed by atoms with Gasteiger partial charge in [0, 0.05) is 12.5 Å². The van der Waals surface area contributed by atoms with Gasteiger partial charge in [-0.3, -0.25) is 4.79 Å². The molecule has 18 heavy (non-hydrogen) atoms. The van der Waals surface area contributed by atoms with Crippen molar-refractivity contribution in [3.8, 4) is 5.75 Å². The summed E-state index contributed by atoms with van der Waals surface area (Å²) in [7, 11) is 0. The largest absolute Gasteiger partial charge is 0.508 e. The highest BCUT2D eigenvalue weighted by Crippen LogP contribution is 2.19. The smallest absolute Gasteiger partial charge is 0.224 e. The van der Waals surface area contributed by atoms with Crippen molar-refractivity contribution in [1.29, 1.82) is 0 Å². The van der Waals surface area contributed by atoms with Crippen LogP contribution >= 0.6 is 0 Å². The van der Waals surface area contributed by atoms with Crippen LogP contribution in [0.15, 0.2) is 18.2 Å². The first-order valence-electron chi connectivity index (χ1n) is 6.42. The molecule has 1 rings (SSSR count). The Morgan fingerprint density at radius 1 is 1.28 bits per heavy atom.